The van der Waals surface area contributed by atoms with E-state index in [1.165, 1.54) is 0 Å². The number of hydrogen-bond donors (Lipinski definition) is 3. The van der Waals surface area contributed by atoms with Gasteiger partial charge in [0.1, 0.15) is 0 Å². The molecular weight excluding hydrogens is 248 g/mol. The Bertz CT molecular complexity index is 368. The minimum Gasteiger partial charge on any atom is -0.294 e. The number of nitrogens with one attached hydrogen (secondary N) is 2. The van der Waals surface area contributed by atoms with Gasteiger partial charge in [-0.15, -0.1) is 0 Å². The summed E-state index contributed by atoms with van der Waals surface area (Å²) in [7, 11) is 0. The Hall–Kier alpha value is -1.47. The van der Waals surface area contributed by atoms with Gasteiger partial charge in [0.25, 0.3) is 0 Å². The Morgan fingerprint density at radius 1 is 1.37 bits per heavy atom. The highest BCUT2D eigenvalue weighted by Crippen LogP contribution is 2.18. The second-order valence-corrected chi connectivity index (χ2v) is 5.24. The first-order valence-electron chi connectivity index (χ1n) is 6.46. The molecule has 19 heavy (non-hydrogen) atoms. The average Bonchev–Trinajstić information content (AvgIpc) is 2.34. The normalized spacial score (nSPS) is 19.1. The lowest BCUT2D eigenvalue weighted by atomic mass is 9.98. The summed E-state index contributed by atoms with van der Waals surface area (Å²) in [6.45, 7) is 4.51. The number of carbonyl (C=O) groups is 3. The van der Waals surface area contributed by atoms with Crippen molar-refractivity contribution in [1.82, 2.24) is 15.6 Å². The molecule has 7 nitrogen and oxygen atoms in total. The Morgan fingerprint density at radius 3 is 2.68 bits per heavy atom. The molecule has 0 aromatic carbocycles. The molecule has 1 fully saturated rings. The van der Waals surface area contributed by atoms with Gasteiger partial charge in [-0.3, -0.25) is 30.0 Å². The van der Waals surface area contributed by atoms with Gasteiger partial charge >= 0.3 is 0 Å². The van der Waals surface area contributed by atoms with Crippen LogP contribution in [0.4, 0.5) is 0 Å². The van der Waals surface area contributed by atoms with Crippen molar-refractivity contribution >= 4 is 17.7 Å². The zero-order chi connectivity index (χ0) is 14.5. The number of hydrogen-bond acceptors (Lipinski definition) is 5. The summed E-state index contributed by atoms with van der Waals surface area (Å²) >= 11 is 0. The van der Waals surface area contributed by atoms with E-state index in [0.717, 1.165) is 19.3 Å². The van der Waals surface area contributed by atoms with Crippen LogP contribution in [0.2, 0.25) is 0 Å². The fourth-order valence-corrected chi connectivity index (χ4v) is 2.03. The molecule has 1 saturated heterocycles. The largest absolute Gasteiger partial charge is 0.294 e. The molecule has 0 aromatic rings. The van der Waals surface area contributed by atoms with Crippen LogP contribution in [0.1, 0.15) is 39.5 Å². The lowest BCUT2D eigenvalue weighted by Gasteiger charge is -2.40. The fourth-order valence-electron chi connectivity index (χ4n) is 2.03. The van der Waals surface area contributed by atoms with Crippen LogP contribution < -0.4 is 16.6 Å². The SMILES string of the molecule is CC1(C)C(=O)NC(=O)CN1CCCCCC(=O)NN. The zero-order valence-electron chi connectivity index (χ0n) is 11.5. The van der Waals surface area contributed by atoms with Crippen LogP contribution in [0.5, 0.6) is 0 Å². The molecule has 108 valence electrons. The molecule has 0 saturated carbocycles. The minimum atomic E-state index is -0.664. The third-order valence-electron chi connectivity index (χ3n) is 3.43. The van der Waals surface area contributed by atoms with Crippen LogP contribution in [0.25, 0.3) is 0 Å². The van der Waals surface area contributed by atoms with Crippen molar-refractivity contribution in [2.24, 2.45) is 5.84 Å². The molecular formula is C12H22N4O3. The first-order valence-corrected chi connectivity index (χ1v) is 6.46. The Kier molecular flexibility index (Phi) is 5.44. The standard InChI is InChI=1S/C12H22N4O3/c1-12(2)11(19)14-10(18)8-16(12)7-5-3-4-6-9(17)15-13/h3-8,13H2,1-2H3,(H,15,17)(H,14,18,19). The van der Waals surface area contributed by atoms with Gasteiger partial charge in [-0.2, -0.15) is 0 Å². The first kappa shape index (κ1) is 15.6. The summed E-state index contributed by atoms with van der Waals surface area (Å²) < 4.78 is 0. The van der Waals surface area contributed by atoms with Crippen LogP contribution in [-0.4, -0.2) is 41.2 Å². The molecule has 0 atom stereocenters. The van der Waals surface area contributed by atoms with Gasteiger partial charge in [0.2, 0.25) is 17.7 Å². The van der Waals surface area contributed by atoms with Crippen LogP contribution in [0.15, 0.2) is 0 Å². The molecule has 0 spiro atoms. The third kappa shape index (κ3) is 4.29. The number of rotatable bonds is 6. The van der Waals surface area contributed by atoms with E-state index in [2.05, 4.69) is 10.7 Å². The van der Waals surface area contributed by atoms with Gasteiger partial charge in [0.15, 0.2) is 0 Å². The molecule has 0 radical (unpaired) electrons. The highest BCUT2D eigenvalue weighted by molar-refractivity contribution is 6.02. The number of hydrazine groups is 1. The van der Waals surface area contributed by atoms with Crippen molar-refractivity contribution in [3.63, 3.8) is 0 Å². The molecule has 4 N–H and O–H groups in total. The molecule has 1 heterocycles. The summed E-state index contributed by atoms with van der Waals surface area (Å²) in [5.41, 5.74) is 1.42. The van der Waals surface area contributed by atoms with Crippen LogP contribution in [0, 0.1) is 0 Å². The quantitative estimate of drug-likeness (QED) is 0.194. The number of amides is 3. The molecule has 1 rings (SSSR count). The van der Waals surface area contributed by atoms with Crippen molar-refractivity contribution in [3.05, 3.63) is 0 Å². The number of nitrogens with zero attached hydrogens (tertiary/aromatic N) is 1. The molecule has 7 heteroatoms. The third-order valence-corrected chi connectivity index (χ3v) is 3.43. The Labute approximate surface area is 112 Å². The summed E-state index contributed by atoms with van der Waals surface area (Å²) in [5.74, 6) is 4.29. The molecule has 0 bridgehead atoms. The topological polar surface area (TPSA) is 105 Å². The molecule has 1 aliphatic heterocycles. The van der Waals surface area contributed by atoms with Crippen molar-refractivity contribution in [2.45, 2.75) is 45.1 Å². The lowest BCUT2D eigenvalue weighted by molar-refractivity contribution is -0.145. The smallest absolute Gasteiger partial charge is 0.246 e. The maximum absolute atomic E-state index is 11.7. The van der Waals surface area contributed by atoms with E-state index in [4.69, 9.17) is 5.84 Å². The summed E-state index contributed by atoms with van der Waals surface area (Å²) in [5, 5.41) is 2.34. The van der Waals surface area contributed by atoms with Gasteiger partial charge in [0, 0.05) is 6.42 Å². The van der Waals surface area contributed by atoms with Crippen molar-refractivity contribution in [2.75, 3.05) is 13.1 Å². The minimum absolute atomic E-state index is 0.173. The van der Waals surface area contributed by atoms with Gasteiger partial charge < -0.3 is 0 Å². The maximum Gasteiger partial charge on any atom is 0.246 e. The van der Waals surface area contributed by atoms with Gasteiger partial charge in [-0.05, 0) is 33.2 Å². The highest BCUT2D eigenvalue weighted by Gasteiger charge is 2.40. The van der Waals surface area contributed by atoms with E-state index in [1.807, 2.05) is 4.90 Å². The lowest BCUT2D eigenvalue weighted by Crippen LogP contribution is -2.64. The van der Waals surface area contributed by atoms with E-state index in [1.54, 1.807) is 13.8 Å². The monoisotopic (exact) mass is 270 g/mol. The summed E-state index contributed by atoms with van der Waals surface area (Å²) in [6, 6.07) is 0. The highest BCUT2D eigenvalue weighted by atomic mass is 16.2. The Balaban J connectivity index is 2.33. The molecule has 1 aliphatic rings. The molecule has 0 aliphatic carbocycles. The maximum atomic E-state index is 11.7. The zero-order valence-corrected chi connectivity index (χ0v) is 11.5. The number of nitrogens with two attached hydrogens (primary N) is 1. The second kappa shape index (κ2) is 6.63. The van der Waals surface area contributed by atoms with E-state index in [-0.39, 0.29) is 24.3 Å². The number of piperazine rings is 1. The summed E-state index contributed by atoms with van der Waals surface area (Å²) in [4.78, 5) is 35.9. The molecule has 3 amide bonds. The summed E-state index contributed by atoms with van der Waals surface area (Å²) in [6.07, 6.45) is 2.84. The van der Waals surface area contributed by atoms with Gasteiger partial charge in [-0.25, -0.2) is 5.84 Å². The molecule has 0 unspecified atom stereocenters. The van der Waals surface area contributed by atoms with E-state index >= 15 is 0 Å². The predicted octanol–water partition coefficient (Wildman–Crippen LogP) is -0.726. The Morgan fingerprint density at radius 2 is 2.05 bits per heavy atom. The molecule has 0 aromatic heterocycles. The number of unbranched alkanes of at least 4 members (excludes halogenated alkanes) is 2. The average molecular weight is 270 g/mol. The van der Waals surface area contributed by atoms with E-state index in [0.29, 0.717) is 13.0 Å². The predicted molar refractivity (Wildman–Crippen MR) is 69.6 cm³/mol. The van der Waals surface area contributed by atoms with Crippen molar-refractivity contribution in [1.29, 1.82) is 0 Å². The van der Waals surface area contributed by atoms with Crippen LogP contribution >= 0.6 is 0 Å². The van der Waals surface area contributed by atoms with E-state index < -0.39 is 5.54 Å². The van der Waals surface area contributed by atoms with E-state index in [9.17, 15) is 14.4 Å². The van der Waals surface area contributed by atoms with Gasteiger partial charge in [-0.1, -0.05) is 6.42 Å². The van der Waals surface area contributed by atoms with Gasteiger partial charge in [0.05, 0.1) is 12.1 Å². The number of imide groups is 1. The van der Waals surface area contributed by atoms with Crippen molar-refractivity contribution < 1.29 is 14.4 Å². The van der Waals surface area contributed by atoms with Crippen LogP contribution in [0.3, 0.4) is 0 Å². The second-order valence-electron chi connectivity index (χ2n) is 5.24. The van der Waals surface area contributed by atoms with Crippen molar-refractivity contribution in [3.8, 4) is 0 Å². The number of carbonyl (C=O) groups excluding carboxylic acids is 3. The first-order chi connectivity index (χ1) is 8.87. The fraction of sp³-hybridized carbons (Fsp3) is 0.750. The van der Waals surface area contributed by atoms with Crippen LogP contribution in [-0.2, 0) is 14.4 Å².